The lowest BCUT2D eigenvalue weighted by molar-refractivity contribution is 0.125. The van der Waals surface area contributed by atoms with Crippen LogP contribution in [0.5, 0.6) is 5.75 Å². The van der Waals surface area contributed by atoms with Crippen LogP contribution in [0.15, 0.2) is 36.4 Å². The Morgan fingerprint density at radius 1 is 1.26 bits per heavy atom. The molecular formula is C23H27Cl2N3O3. The molecule has 3 aromatic rings. The molecular weight excluding hydrogens is 437 g/mol. The Bertz CT molecular complexity index is 1070. The zero-order valence-corrected chi connectivity index (χ0v) is 19.3. The number of fused-ring (bicyclic) bond motifs is 3. The number of carbonyl (C=O) groups excluding carboxylic acids is 1. The van der Waals surface area contributed by atoms with Crippen LogP contribution >= 0.6 is 23.2 Å². The average molecular weight is 464 g/mol. The van der Waals surface area contributed by atoms with Gasteiger partial charge in [-0.3, -0.25) is 0 Å². The van der Waals surface area contributed by atoms with Crippen molar-refractivity contribution in [3.8, 4) is 5.75 Å². The van der Waals surface area contributed by atoms with E-state index in [1.807, 2.05) is 38.1 Å². The number of rotatable bonds is 4. The summed E-state index contributed by atoms with van der Waals surface area (Å²) in [5, 5.41) is 15.1. The summed E-state index contributed by atoms with van der Waals surface area (Å²) in [6.07, 6.45) is 0.653. The lowest BCUT2D eigenvalue weighted by Crippen LogP contribution is -2.46. The van der Waals surface area contributed by atoms with E-state index >= 15 is 0 Å². The number of aliphatic hydroxyl groups excluding tert-OH is 1. The minimum Gasteiger partial charge on any atom is -0.495 e. The van der Waals surface area contributed by atoms with Gasteiger partial charge >= 0.3 is 6.03 Å². The third-order valence-corrected chi connectivity index (χ3v) is 5.73. The summed E-state index contributed by atoms with van der Waals surface area (Å²) in [7, 11) is 1.59. The normalized spacial score (nSPS) is 15.2. The fraction of sp³-hybridized carbons (Fsp3) is 0.348. The summed E-state index contributed by atoms with van der Waals surface area (Å²) >= 11 is 12.2. The van der Waals surface area contributed by atoms with Crippen molar-refractivity contribution in [3.63, 3.8) is 0 Å². The Hall–Kier alpha value is -2.41. The van der Waals surface area contributed by atoms with Gasteiger partial charge in [0.1, 0.15) is 5.75 Å². The number of urea groups is 1. The van der Waals surface area contributed by atoms with Gasteiger partial charge in [-0.15, -0.1) is 0 Å². The number of aromatic amines is 1. The van der Waals surface area contributed by atoms with Gasteiger partial charge in [-0.25, -0.2) is 4.79 Å². The van der Waals surface area contributed by atoms with Gasteiger partial charge in [0.25, 0.3) is 0 Å². The molecule has 2 aromatic carbocycles. The monoisotopic (exact) mass is 463 g/mol. The summed E-state index contributed by atoms with van der Waals surface area (Å²) in [6, 6.07) is 10.3. The third-order valence-electron chi connectivity index (χ3n) is 5.28. The van der Waals surface area contributed by atoms with E-state index < -0.39 is 6.04 Å². The molecule has 0 bridgehead atoms. The Labute approximate surface area is 192 Å². The summed E-state index contributed by atoms with van der Waals surface area (Å²) in [5.74, 6) is 0.635. The van der Waals surface area contributed by atoms with E-state index in [1.54, 1.807) is 24.1 Å². The van der Waals surface area contributed by atoms with E-state index in [0.717, 1.165) is 27.7 Å². The zero-order chi connectivity index (χ0) is 22.5. The second-order valence-corrected chi connectivity index (χ2v) is 7.85. The molecule has 166 valence electrons. The van der Waals surface area contributed by atoms with Crippen molar-refractivity contribution in [1.29, 1.82) is 0 Å². The van der Waals surface area contributed by atoms with Crippen LogP contribution in [-0.2, 0) is 13.0 Å². The number of carbonyl (C=O) groups is 1. The molecule has 1 aliphatic rings. The van der Waals surface area contributed by atoms with Gasteiger partial charge in [0, 0.05) is 40.3 Å². The average Bonchev–Trinajstić information content (AvgIpc) is 3.16. The van der Waals surface area contributed by atoms with Gasteiger partial charge in [-0.1, -0.05) is 49.2 Å². The van der Waals surface area contributed by atoms with Crippen LogP contribution in [0.1, 0.15) is 36.7 Å². The smallest absolute Gasteiger partial charge is 0.318 e. The predicted octanol–water partition coefficient (Wildman–Crippen LogP) is 5.31. The highest BCUT2D eigenvalue weighted by atomic mass is 35.5. The number of nitrogens with zero attached hydrogens (tertiary/aromatic N) is 1. The molecule has 0 fully saturated rings. The van der Waals surface area contributed by atoms with Crippen molar-refractivity contribution in [2.75, 3.05) is 20.3 Å². The molecule has 4 rings (SSSR count). The van der Waals surface area contributed by atoms with Gasteiger partial charge in [-0.05, 0) is 35.7 Å². The molecule has 0 radical (unpaired) electrons. The summed E-state index contributed by atoms with van der Waals surface area (Å²) in [5.41, 5.74) is 3.60. The van der Waals surface area contributed by atoms with E-state index in [2.05, 4.69) is 10.3 Å². The molecule has 0 aliphatic carbocycles. The number of aromatic nitrogens is 1. The highest BCUT2D eigenvalue weighted by Crippen LogP contribution is 2.39. The lowest BCUT2D eigenvalue weighted by Gasteiger charge is -2.34. The molecule has 1 aliphatic heterocycles. The van der Waals surface area contributed by atoms with Crippen LogP contribution in [0.2, 0.25) is 10.0 Å². The van der Waals surface area contributed by atoms with E-state index in [4.69, 9.17) is 27.9 Å². The van der Waals surface area contributed by atoms with E-state index in [-0.39, 0.29) is 12.6 Å². The first-order valence-corrected chi connectivity index (χ1v) is 11.0. The Kier molecular flexibility index (Phi) is 7.70. The fourth-order valence-corrected chi connectivity index (χ4v) is 4.34. The van der Waals surface area contributed by atoms with Gasteiger partial charge in [-0.2, -0.15) is 0 Å². The number of hydrogen-bond donors (Lipinski definition) is 3. The number of halogens is 2. The molecule has 8 heteroatoms. The van der Waals surface area contributed by atoms with E-state index in [9.17, 15) is 9.90 Å². The predicted molar refractivity (Wildman–Crippen MR) is 125 cm³/mol. The van der Waals surface area contributed by atoms with E-state index in [0.29, 0.717) is 35.3 Å². The maximum atomic E-state index is 12.8. The summed E-state index contributed by atoms with van der Waals surface area (Å²) in [4.78, 5) is 17.8. The Morgan fingerprint density at radius 3 is 2.71 bits per heavy atom. The van der Waals surface area contributed by atoms with Gasteiger partial charge in [0.2, 0.25) is 0 Å². The Balaban J connectivity index is 0.00000132. The molecule has 2 amide bonds. The van der Waals surface area contributed by atoms with Gasteiger partial charge in [0.05, 0.1) is 25.3 Å². The van der Waals surface area contributed by atoms with Crippen LogP contribution in [0, 0.1) is 0 Å². The highest BCUT2D eigenvalue weighted by Gasteiger charge is 2.33. The summed E-state index contributed by atoms with van der Waals surface area (Å²) < 4.78 is 5.44. The first kappa shape index (κ1) is 23.3. The lowest BCUT2D eigenvalue weighted by atomic mass is 9.98. The number of ether oxygens (including phenoxy) is 1. The molecule has 0 saturated carbocycles. The van der Waals surface area contributed by atoms with Crippen molar-refractivity contribution in [2.45, 2.75) is 32.9 Å². The van der Waals surface area contributed by atoms with Crippen LogP contribution < -0.4 is 10.1 Å². The molecule has 1 unspecified atom stereocenters. The second kappa shape index (κ2) is 10.3. The van der Waals surface area contributed by atoms with Crippen LogP contribution in [-0.4, -0.2) is 41.3 Å². The standard InChI is InChI=1S/C21H21Cl2N3O3.C2H6/c1-29-18-9-14(23)8-16-15-5-6-26(17(11-27)19(15)25-20(16)18)21(28)24-10-12-3-2-4-13(22)7-12;1-2/h2-4,7-9,17,25,27H,5-6,10-11H2,1H3,(H,24,28);1-2H3. The number of aliphatic hydroxyl groups is 1. The summed E-state index contributed by atoms with van der Waals surface area (Å²) in [6.45, 7) is 4.65. The number of methoxy groups -OCH3 is 1. The van der Waals surface area contributed by atoms with Crippen molar-refractivity contribution in [2.24, 2.45) is 0 Å². The van der Waals surface area contributed by atoms with Crippen molar-refractivity contribution >= 4 is 40.1 Å². The number of H-pyrrole nitrogens is 1. The molecule has 31 heavy (non-hydrogen) atoms. The topological polar surface area (TPSA) is 77.6 Å². The number of hydrogen-bond acceptors (Lipinski definition) is 3. The third kappa shape index (κ3) is 4.76. The highest BCUT2D eigenvalue weighted by molar-refractivity contribution is 6.31. The van der Waals surface area contributed by atoms with Crippen LogP contribution in [0.25, 0.3) is 10.9 Å². The minimum atomic E-state index is -0.478. The molecule has 0 saturated heterocycles. The maximum Gasteiger partial charge on any atom is 0.318 e. The number of benzene rings is 2. The quantitative estimate of drug-likeness (QED) is 0.490. The first-order chi connectivity index (χ1) is 15.0. The second-order valence-electron chi connectivity index (χ2n) is 6.98. The molecule has 0 spiro atoms. The van der Waals surface area contributed by atoms with Gasteiger partial charge < -0.3 is 25.0 Å². The molecule has 3 N–H and O–H groups in total. The van der Waals surface area contributed by atoms with Crippen molar-refractivity contribution in [3.05, 3.63) is 63.3 Å². The SMILES string of the molecule is CC.COc1cc(Cl)cc2c3c([nH]c12)C(CO)N(C(=O)NCc1cccc(Cl)c1)CC3. The zero-order valence-electron chi connectivity index (χ0n) is 17.8. The number of nitrogens with one attached hydrogen (secondary N) is 2. The molecule has 6 nitrogen and oxygen atoms in total. The Morgan fingerprint density at radius 2 is 2.03 bits per heavy atom. The fourth-order valence-electron chi connectivity index (χ4n) is 3.92. The largest absolute Gasteiger partial charge is 0.495 e. The van der Waals surface area contributed by atoms with Crippen LogP contribution in [0.3, 0.4) is 0 Å². The maximum absolute atomic E-state index is 12.8. The van der Waals surface area contributed by atoms with Crippen molar-refractivity contribution in [1.82, 2.24) is 15.2 Å². The van der Waals surface area contributed by atoms with Crippen molar-refractivity contribution < 1.29 is 14.6 Å². The molecule has 2 heterocycles. The number of amides is 2. The molecule has 1 aromatic heterocycles. The van der Waals surface area contributed by atoms with Crippen LogP contribution in [0.4, 0.5) is 4.79 Å². The molecule has 1 atom stereocenters. The first-order valence-electron chi connectivity index (χ1n) is 10.3. The van der Waals surface area contributed by atoms with E-state index in [1.165, 1.54) is 0 Å². The van der Waals surface area contributed by atoms with Gasteiger partial charge in [0.15, 0.2) is 0 Å². The minimum absolute atomic E-state index is 0.194.